The summed E-state index contributed by atoms with van der Waals surface area (Å²) in [6.07, 6.45) is 0.913. The molecule has 0 fully saturated rings. The van der Waals surface area contributed by atoms with Gasteiger partial charge in [0.15, 0.2) is 0 Å². The molecule has 1 aliphatic heterocycles. The van der Waals surface area contributed by atoms with Crippen LogP contribution in [0.1, 0.15) is 17.2 Å². The van der Waals surface area contributed by atoms with Gasteiger partial charge in [0.05, 0.1) is 18.4 Å². The van der Waals surface area contributed by atoms with Crippen LogP contribution in [0.3, 0.4) is 0 Å². The van der Waals surface area contributed by atoms with Gasteiger partial charge < -0.3 is 10.1 Å². The second-order valence-corrected chi connectivity index (χ2v) is 5.73. The van der Waals surface area contributed by atoms with E-state index in [4.69, 9.17) is 4.74 Å². The average Bonchev–Trinajstić information content (AvgIpc) is 2.48. The first-order valence-corrected chi connectivity index (χ1v) is 7.41. The zero-order valence-electron chi connectivity index (χ0n) is 10.9. The Morgan fingerprint density at radius 2 is 2.10 bits per heavy atom. The molecule has 0 saturated heterocycles. The third-order valence-electron chi connectivity index (χ3n) is 3.50. The van der Waals surface area contributed by atoms with E-state index in [1.54, 1.807) is 12.1 Å². The maximum absolute atomic E-state index is 13.7. The zero-order chi connectivity index (χ0) is 13.9. The lowest BCUT2D eigenvalue weighted by atomic mass is 9.97. The Bertz CT molecular complexity index is 617. The molecule has 1 aliphatic rings. The summed E-state index contributed by atoms with van der Waals surface area (Å²) in [5.74, 6) is -0.253. The molecule has 4 heteroatoms. The van der Waals surface area contributed by atoms with Crippen molar-refractivity contribution in [2.45, 2.75) is 12.5 Å². The molecule has 2 aromatic rings. The van der Waals surface area contributed by atoms with Gasteiger partial charge in [0.1, 0.15) is 5.82 Å². The highest BCUT2D eigenvalue weighted by Crippen LogP contribution is 2.28. The molecule has 3 rings (SSSR count). The fraction of sp³-hybridized carbons (Fsp3) is 0.250. The molecule has 0 bridgehead atoms. The molecule has 0 spiro atoms. The molecule has 1 unspecified atom stereocenters. The van der Waals surface area contributed by atoms with Gasteiger partial charge in [-0.05, 0) is 35.7 Å². The first kappa shape index (κ1) is 13.6. The van der Waals surface area contributed by atoms with Crippen molar-refractivity contribution in [3.05, 3.63) is 63.9 Å². The number of rotatable bonds is 3. The molecule has 2 aromatic carbocycles. The molecule has 0 aliphatic carbocycles. The van der Waals surface area contributed by atoms with Gasteiger partial charge in [-0.2, -0.15) is 0 Å². The maximum Gasteiger partial charge on any atom is 0.146 e. The van der Waals surface area contributed by atoms with Crippen molar-refractivity contribution in [2.24, 2.45) is 0 Å². The van der Waals surface area contributed by atoms with Crippen LogP contribution in [0.2, 0.25) is 0 Å². The minimum absolute atomic E-state index is 0.0293. The lowest BCUT2D eigenvalue weighted by Gasteiger charge is -2.26. The van der Waals surface area contributed by atoms with Crippen LogP contribution in [0.15, 0.2) is 46.9 Å². The summed E-state index contributed by atoms with van der Waals surface area (Å²) in [6.45, 7) is 1.27. The summed E-state index contributed by atoms with van der Waals surface area (Å²) < 4.78 is 20.3. The van der Waals surface area contributed by atoms with E-state index in [9.17, 15) is 4.39 Å². The summed E-state index contributed by atoms with van der Waals surface area (Å²) in [4.78, 5) is 0. The monoisotopic (exact) mass is 335 g/mol. The summed E-state index contributed by atoms with van der Waals surface area (Å²) in [6, 6.07) is 13.1. The topological polar surface area (TPSA) is 21.3 Å². The van der Waals surface area contributed by atoms with Gasteiger partial charge in [-0.25, -0.2) is 4.39 Å². The van der Waals surface area contributed by atoms with Gasteiger partial charge in [-0.1, -0.05) is 40.2 Å². The summed E-state index contributed by atoms with van der Waals surface area (Å²) >= 11 is 3.35. The third-order valence-corrected chi connectivity index (χ3v) is 3.99. The van der Waals surface area contributed by atoms with Crippen LogP contribution < -0.4 is 5.32 Å². The van der Waals surface area contributed by atoms with Crippen LogP contribution in [0.25, 0.3) is 0 Å². The largest absolute Gasteiger partial charge is 0.380 e. The quantitative estimate of drug-likeness (QED) is 0.902. The van der Waals surface area contributed by atoms with E-state index in [-0.39, 0.29) is 11.9 Å². The SMILES string of the molecule is Fc1ccc(Br)cc1NCC1OCCc2ccccc21. The van der Waals surface area contributed by atoms with Crippen molar-refractivity contribution in [3.63, 3.8) is 0 Å². The van der Waals surface area contributed by atoms with E-state index in [2.05, 4.69) is 33.4 Å². The van der Waals surface area contributed by atoms with Crippen LogP contribution in [-0.4, -0.2) is 13.2 Å². The van der Waals surface area contributed by atoms with E-state index < -0.39 is 0 Å². The molecule has 0 aromatic heterocycles. The number of nitrogens with one attached hydrogen (secondary N) is 1. The van der Waals surface area contributed by atoms with E-state index in [1.165, 1.54) is 17.2 Å². The van der Waals surface area contributed by atoms with E-state index >= 15 is 0 Å². The lowest BCUT2D eigenvalue weighted by Crippen LogP contribution is -2.23. The normalized spacial score (nSPS) is 17.6. The Morgan fingerprint density at radius 1 is 1.25 bits per heavy atom. The standard InChI is InChI=1S/C16H15BrFNO/c17-12-5-6-14(18)15(9-12)19-10-16-13-4-2-1-3-11(13)7-8-20-16/h1-6,9,16,19H,7-8,10H2. The molecule has 2 nitrogen and oxygen atoms in total. The molecule has 1 atom stereocenters. The van der Waals surface area contributed by atoms with Crippen LogP contribution in [0, 0.1) is 5.82 Å². The highest BCUT2D eigenvalue weighted by molar-refractivity contribution is 9.10. The number of anilines is 1. The molecule has 1 N–H and O–H groups in total. The van der Waals surface area contributed by atoms with Gasteiger partial charge in [0.25, 0.3) is 0 Å². The van der Waals surface area contributed by atoms with Gasteiger partial charge in [-0.15, -0.1) is 0 Å². The second kappa shape index (κ2) is 5.94. The van der Waals surface area contributed by atoms with Crippen molar-refractivity contribution in [2.75, 3.05) is 18.5 Å². The van der Waals surface area contributed by atoms with Crippen LogP contribution in [0.4, 0.5) is 10.1 Å². The number of ether oxygens (including phenoxy) is 1. The predicted molar refractivity (Wildman–Crippen MR) is 81.4 cm³/mol. The highest BCUT2D eigenvalue weighted by Gasteiger charge is 2.20. The predicted octanol–water partition coefficient (Wildman–Crippen LogP) is 4.31. The van der Waals surface area contributed by atoms with Crippen LogP contribution in [0.5, 0.6) is 0 Å². The van der Waals surface area contributed by atoms with Crippen molar-refractivity contribution < 1.29 is 9.13 Å². The highest BCUT2D eigenvalue weighted by atomic mass is 79.9. The number of benzene rings is 2. The molecular formula is C16H15BrFNO. The van der Waals surface area contributed by atoms with Gasteiger partial charge in [0, 0.05) is 11.0 Å². The van der Waals surface area contributed by atoms with Gasteiger partial charge in [0.2, 0.25) is 0 Å². The van der Waals surface area contributed by atoms with Crippen molar-refractivity contribution in [1.29, 1.82) is 0 Å². The first-order valence-electron chi connectivity index (χ1n) is 6.62. The number of hydrogen-bond donors (Lipinski definition) is 1. The van der Waals surface area contributed by atoms with Gasteiger partial charge >= 0.3 is 0 Å². The van der Waals surface area contributed by atoms with Crippen molar-refractivity contribution >= 4 is 21.6 Å². The Morgan fingerprint density at radius 3 is 3.00 bits per heavy atom. The van der Waals surface area contributed by atoms with Crippen molar-refractivity contribution in [3.8, 4) is 0 Å². The number of halogens is 2. The fourth-order valence-corrected chi connectivity index (χ4v) is 2.84. The van der Waals surface area contributed by atoms with E-state index in [0.717, 1.165) is 10.9 Å². The summed E-state index contributed by atoms with van der Waals surface area (Å²) in [5.41, 5.74) is 3.01. The molecule has 104 valence electrons. The lowest BCUT2D eigenvalue weighted by molar-refractivity contribution is 0.0513. The Balaban J connectivity index is 1.75. The minimum Gasteiger partial charge on any atom is -0.380 e. The van der Waals surface area contributed by atoms with E-state index in [0.29, 0.717) is 18.8 Å². The minimum atomic E-state index is -0.253. The maximum atomic E-state index is 13.7. The Hall–Kier alpha value is -1.39. The van der Waals surface area contributed by atoms with Gasteiger partial charge in [-0.3, -0.25) is 0 Å². The molecule has 0 radical (unpaired) electrons. The molecule has 0 amide bonds. The Labute approximate surface area is 126 Å². The zero-order valence-corrected chi connectivity index (χ0v) is 12.5. The number of fused-ring (bicyclic) bond motifs is 1. The molecular weight excluding hydrogens is 321 g/mol. The molecule has 0 saturated carbocycles. The fourth-order valence-electron chi connectivity index (χ4n) is 2.48. The van der Waals surface area contributed by atoms with Crippen LogP contribution in [-0.2, 0) is 11.2 Å². The molecule has 1 heterocycles. The van der Waals surface area contributed by atoms with Crippen LogP contribution >= 0.6 is 15.9 Å². The third kappa shape index (κ3) is 2.86. The smallest absolute Gasteiger partial charge is 0.146 e. The average molecular weight is 336 g/mol. The number of hydrogen-bond acceptors (Lipinski definition) is 2. The Kier molecular flexibility index (Phi) is 4.03. The first-order chi connectivity index (χ1) is 9.74. The van der Waals surface area contributed by atoms with Crippen molar-refractivity contribution in [1.82, 2.24) is 0 Å². The second-order valence-electron chi connectivity index (χ2n) is 4.81. The molecule has 20 heavy (non-hydrogen) atoms. The summed E-state index contributed by atoms with van der Waals surface area (Å²) in [5, 5.41) is 3.13. The summed E-state index contributed by atoms with van der Waals surface area (Å²) in [7, 11) is 0. The van der Waals surface area contributed by atoms with E-state index in [1.807, 2.05) is 12.1 Å².